The Kier molecular flexibility index (Phi) is 3.93. The summed E-state index contributed by atoms with van der Waals surface area (Å²) >= 11 is 5.31. The van der Waals surface area contributed by atoms with Gasteiger partial charge in [-0.15, -0.1) is 0 Å². The average molecular weight is 301 g/mol. The first-order valence-electron chi connectivity index (χ1n) is 6.65. The molecule has 0 atom stereocenters. The summed E-state index contributed by atoms with van der Waals surface area (Å²) in [5.41, 5.74) is 1.87. The van der Waals surface area contributed by atoms with E-state index in [1.807, 2.05) is 42.5 Å². The first-order valence-corrected chi connectivity index (χ1v) is 7.03. The first-order chi connectivity index (χ1) is 10.2. The maximum absolute atomic E-state index is 11.0. The third-order valence-corrected chi connectivity index (χ3v) is 3.42. The van der Waals surface area contributed by atoms with Crippen LogP contribution in [0, 0.1) is 0 Å². The summed E-state index contributed by atoms with van der Waals surface area (Å²) in [7, 11) is 0. The van der Waals surface area contributed by atoms with Crippen LogP contribution < -0.4 is 4.74 Å². The van der Waals surface area contributed by atoms with Crippen LogP contribution in [-0.4, -0.2) is 5.43 Å². The van der Waals surface area contributed by atoms with E-state index < -0.39 is 5.43 Å². The second-order valence-electron chi connectivity index (χ2n) is 4.69. The van der Waals surface area contributed by atoms with E-state index in [4.69, 9.17) is 20.8 Å². The number of halogens is 1. The molecule has 1 aromatic heterocycles. The van der Waals surface area contributed by atoms with Crippen molar-refractivity contribution in [1.29, 1.82) is 0 Å². The molecule has 21 heavy (non-hydrogen) atoms. The van der Waals surface area contributed by atoms with Crippen LogP contribution in [0.3, 0.4) is 0 Å². The quantitative estimate of drug-likeness (QED) is 0.640. The molecule has 0 N–H and O–H groups in total. The second-order valence-corrected chi connectivity index (χ2v) is 5.00. The van der Waals surface area contributed by atoms with Crippen molar-refractivity contribution < 1.29 is 13.9 Å². The Morgan fingerprint density at radius 2 is 1.71 bits per heavy atom. The molecule has 3 rings (SSSR count). The number of furan rings is 1. The van der Waals surface area contributed by atoms with Gasteiger partial charge in [0.05, 0.1) is 0 Å². The molecule has 3 nitrogen and oxygen atoms in total. The number of rotatable bonds is 4. The lowest BCUT2D eigenvalue weighted by Crippen LogP contribution is -1.99. The van der Waals surface area contributed by atoms with Crippen molar-refractivity contribution in [2.45, 2.75) is 12.8 Å². The molecule has 0 amide bonds. The Bertz CT molecular complexity index is 762. The van der Waals surface area contributed by atoms with E-state index >= 15 is 0 Å². The van der Waals surface area contributed by atoms with E-state index in [-0.39, 0.29) is 5.95 Å². The predicted octanol–water partition coefficient (Wildman–Crippen LogP) is 4.96. The van der Waals surface area contributed by atoms with Gasteiger partial charge in [0.25, 0.3) is 5.95 Å². The molecule has 4 heteroatoms. The van der Waals surface area contributed by atoms with E-state index in [0.29, 0.717) is 12.0 Å². The normalized spacial score (nSPS) is 10.7. The molecule has 0 unspecified atom stereocenters. The zero-order chi connectivity index (χ0) is 14.7. The van der Waals surface area contributed by atoms with Crippen molar-refractivity contribution in [3.63, 3.8) is 0 Å². The largest absolute Gasteiger partial charge is 0.425 e. The van der Waals surface area contributed by atoms with Crippen molar-refractivity contribution in [3.8, 4) is 5.95 Å². The Balaban J connectivity index is 1.93. The number of fused-ring (bicyclic) bond motifs is 1. The van der Waals surface area contributed by atoms with E-state index in [9.17, 15) is 4.79 Å². The fourth-order valence-corrected chi connectivity index (χ4v) is 2.45. The minimum Gasteiger partial charge on any atom is -0.425 e. The molecule has 2 aromatic carbocycles. The van der Waals surface area contributed by atoms with E-state index in [1.54, 1.807) is 0 Å². The van der Waals surface area contributed by atoms with Gasteiger partial charge in [-0.3, -0.25) is 0 Å². The van der Waals surface area contributed by atoms with E-state index in [0.717, 1.165) is 17.4 Å². The summed E-state index contributed by atoms with van der Waals surface area (Å²) in [6.45, 7) is 0. The van der Waals surface area contributed by atoms with Gasteiger partial charge >= 0.3 is 5.43 Å². The molecule has 0 aliphatic heterocycles. The lowest BCUT2D eigenvalue weighted by atomic mass is 10.0. The van der Waals surface area contributed by atoms with Crippen molar-refractivity contribution in [3.05, 3.63) is 65.7 Å². The monoisotopic (exact) mass is 300 g/mol. The molecule has 0 spiro atoms. The maximum Gasteiger partial charge on any atom is 0.411 e. The minimum absolute atomic E-state index is 0.187. The second kappa shape index (κ2) is 6.02. The third-order valence-electron chi connectivity index (χ3n) is 3.34. The van der Waals surface area contributed by atoms with Crippen LogP contribution in [0.15, 0.2) is 59.0 Å². The fourth-order valence-electron chi connectivity index (χ4n) is 2.38. The average Bonchev–Trinajstić information content (AvgIpc) is 2.82. The highest BCUT2D eigenvalue weighted by Crippen LogP contribution is 2.33. The Hall–Kier alpha value is -2.26. The van der Waals surface area contributed by atoms with Crippen LogP contribution in [-0.2, 0) is 12.8 Å². The number of hydrogen-bond acceptors (Lipinski definition) is 3. The lowest BCUT2D eigenvalue weighted by molar-refractivity contribution is 0.213. The predicted molar refractivity (Wildman–Crippen MR) is 81.9 cm³/mol. The van der Waals surface area contributed by atoms with Gasteiger partial charge in [0.1, 0.15) is 5.58 Å². The Morgan fingerprint density at radius 1 is 1.00 bits per heavy atom. The maximum atomic E-state index is 11.0. The molecule has 0 bridgehead atoms. The summed E-state index contributed by atoms with van der Waals surface area (Å²) in [6.07, 6.45) is 1.54. The van der Waals surface area contributed by atoms with Gasteiger partial charge in [0.15, 0.2) is 0 Å². The summed E-state index contributed by atoms with van der Waals surface area (Å²) in [4.78, 5) is 11.0. The highest BCUT2D eigenvalue weighted by atomic mass is 35.5. The third kappa shape index (κ3) is 3.09. The van der Waals surface area contributed by atoms with Gasteiger partial charge < -0.3 is 9.15 Å². The van der Waals surface area contributed by atoms with Crippen molar-refractivity contribution in [2.75, 3.05) is 0 Å². The summed E-state index contributed by atoms with van der Waals surface area (Å²) in [6, 6.07) is 17.7. The zero-order valence-electron chi connectivity index (χ0n) is 11.2. The summed E-state index contributed by atoms with van der Waals surface area (Å²) in [5.74, 6) is 0.187. The van der Waals surface area contributed by atoms with E-state index in [2.05, 4.69) is 12.1 Å². The van der Waals surface area contributed by atoms with Crippen LogP contribution in [0.4, 0.5) is 4.79 Å². The number of carbonyl (C=O) groups excluding carboxylic acids is 1. The van der Waals surface area contributed by atoms with Gasteiger partial charge in [-0.05, 0) is 24.5 Å². The van der Waals surface area contributed by atoms with Crippen molar-refractivity contribution in [1.82, 2.24) is 0 Å². The molecule has 0 aliphatic carbocycles. The number of benzene rings is 2. The smallest absolute Gasteiger partial charge is 0.411 e. The minimum atomic E-state index is -0.894. The molecule has 0 saturated heterocycles. The lowest BCUT2D eigenvalue weighted by Gasteiger charge is -2.02. The highest BCUT2D eigenvalue weighted by molar-refractivity contribution is 6.61. The number of hydrogen-bond donors (Lipinski definition) is 0. The van der Waals surface area contributed by atoms with Crippen molar-refractivity contribution in [2.24, 2.45) is 0 Å². The van der Waals surface area contributed by atoms with Gasteiger partial charge in [0.2, 0.25) is 0 Å². The standard InChI is InChI=1S/C17H13ClO3/c18-17(19)21-16-14(11-10-12-6-2-1-3-7-12)13-8-4-5-9-15(13)20-16/h1-9H,10-11H2. The number of para-hydroxylation sites is 1. The molecule has 0 radical (unpaired) electrons. The molecule has 0 saturated carbocycles. The highest BCUT2D eigenvalue weighted by Gasteiger charge is 2.17. The summed E-state index contributed by atoms with van der Waals surface area (Å²) in [5, 5.41) is 0.946. The molecule has 106 valence electrons. The SMILES string of the molecule is O=C(Cl)Oc1oc2ccccc2c1CCc1ccccc1. The van der Waals surface area contributed by atoms with Gasteiger partial charge in [-0.1, -0.05) is 48.5 Å². The number of carbonyl (C=O) groups is 1. The van der Waals surface area contributed by atoms with Crippen LogP contribution in [0.5, 0.6) is 5.95 Å². The zero-order valence-corrected chi connectivity index (χ0v) is 12.0. The number of aryl methyl sites for hydroxylation is 2. The molecular formula is C17H13ClO3. The fraction of sp³-hybridized carbons (Fsp3) is 0.118. The Labute approximate surface area is 127 Å². The van der Waals surface area contributed by atoms with Crippen LogP contribution >= 0.6 is 11.6 Å². The topological polar surface area (TPSA) is 39.4 Å². The Morgan fingerprint density at radius 3 is 2.48 bits per heavy atom. The number of ether oxygens (including phenoxy) is 1. The van der Waals surface area contributed by atoms with Crippen LogP contribution in [0.1, 0.15) is 11.1 Å². The van der Waals surface area contributed by atoms with Crippen LogP contribution in [0.2, 0.25) is 0 Å². The summed E-state index contributed by atoms with van der Waals surface area (Å²) < 4.78 is 10.5. The van der Waals surface area contributed by atoms with Gasteiger partial charge in [-0.2, -0.15) is 0 Å². The molecule has 0 fully saturated rings. The van der Waals surface area contributed by atoms with Crippen molar-refractivity contribution >= 4 is 28.0 Å². The molecular weight excluding hydrogens is 288 g/mol. The molecule has 1 heterocycles. The van der Waals surface area contributed by atoms with E-state index in [1.165, 1.54) is 5.56 Å². The first kappa shape index (κ1) is 13.7. The van der Waals surface area contributed by atoms with Gasteiger partial charge in [-0.25, -0.2) is 4.79 Å². The van der Waals surface area contributed by atoms with Crippen LogP contribution in [0.25, 0.3) is 11.0 Å². The molecule has 0 aliphatic rings. The molecule has 3 aromatic rings. The van der Waals surface area contributed by atoms with Gasteiger partial charge in [0, 0.05) is 22.6 Å².